The van der Waals surface area contributed by atoms with Gasteiger partial charge in [0.25, 0.3) is 0 Å². The van der Waals surface area contributed by atoms with E-state index >= 15 is 0 Å². The lowest BCUT2D eigenvalue weighted by Gasteiger charge is -1.95. The Hall–Kier alpha value is -2.23. The molecule has 2 heterocycles. The topological polar surface area (TPSA) is 47.8 Å². The van der Waals surface area contributed by atoms with Crippen molar-refractivity contribution < 1.29 is 4.79 Å². The average molecular weight is 227 g/mol. The first-order valence-electron chi connectivity index (χ1n) is 5.30. The Morgan fingerprint density at radius 3 is 2.82 bits per heavy atom. The van der Waals surface area contributed by atoms with Gasteiger partial charge in [-0.1, -0.05) is 6.07 Å². The third kappa shape index (κ3) is 2.47. The fraction of sp³-hybridized carbons (Fsp3) is 0.154. The predicted molar refractivity (Wildman–Crippen MR) is 65.5 cm³/mol. The number of pyridine rings is 1. The SMILES string of the molecule is Cc1c(C(=O)/C=C/c2ccccn2)cnn1C. The second kappa shape index (κ2) is 4.74. The Kier molecular flexibility index (Phi) is 3.14. The van der Waals surface area contributed by atoms with E-state index in [1.54, 1.807) is 23.2 Å². The van der Waals surface area contributed by atoms with Crippen molar-refractivity contribution in [2.75, 3.05) is 0 Å². The smallest absolute Gasteiger partial charge is 0.189 e. The van der Waals surface area contributed by atoms with Gasteiger partial charge in [0.2, 0.25) is 0 Å². The van der Waals surface area contributed by atoms with Gasteiger partial charge in [0.1, 0.15) is 0 Å². The highest BCUT2D eigenvalue weighted by molar-refractivity contribution is 6.07. The average Bonchev–Trinajstić information content (AvgIpc) is 2.69. The third-order valence-corrected chi connectivity index (χ3v) is 2.59. The van der Waals surface area contributed by atoms with Gasteiger partial charge < -0.3 is 0 Å². The lowest BCUT2D eigenvalue weighted by Crippen LogP contribution is -1.98. The van der Waals surface area contributed by atoms with Crippen molar-refractivity contribution >= 4 is 11.9 Å². The minimum Gasteiger partial charge on any atom is -0.289 e. The Morgan fingerprint density at radius 1 is 1.41 bits per heavy atom. The zero-order chi connectivity index (χ0) is 12.3. The molecule has 0 radical (unpaired) electrons. The molecule has 4 nitrogen and oxygen atoms in total. The molecular weight excluding hydrogens is 214 g/mol. The first kappa shape index (κ1) is 11.3. The molecule has 17 heavy (non-hydrogen) atoms. The van der Waals surface area contributed by atoms with E-state index in [-0.39, 0.29) is 5.78 Å². The molecule has 0 amide bonds. The first-order valence-corrected chi connectivity index (χ1v) is 5.30. The van der Waals surface area contributed by atoms with Crippen LogP contribution in [-0.4, -0.2) is 20.5 Å². The Bertz CT molecular complexity index is 555. The number of ketones is 1. The summed E-state index contributed by atoms with van der Waals surface area (Å²) < 4.78 is 1.68. The molecule has 0 atom stereocenters. The minimum absolute atomic E-state index is 0.0544. The zero-order valence-corrected chi connectivity index (χ0v) is 9.79. The van der Waals surface area contributed by atoms with Crippen LogP contribution >= 0.6 is 0 Å². The van der Waals surface area contributed by atoms with Gasteiger partial charge in [-0.05, 0) is 31.2 Å². The van der Waals surface area contributed by atoms with Crippen molar-refractivity contribution in [2.45, 2.75) is 6.92 Å². The van der Waals surface area contributed by atoms with Crippen LogP contribution in [0.2, 0.25) is 0 Å². The predicted octanol–water partition coefficient (Wildman–Crippen LogP) is 2.02. The number of allylic oxidation sites excluding steroid dienone is 1. The van der Waals surface area contributed by atoms with Gasteiger partial charge in [-0.2, -0.15) is 5.10 Å². The second-order valence-corrected chi connectivity index (χ2v) is 3.72. The summed E-state index contributed by atoms with van der Waals surface area (Å²) in [6.07, 6.45) is 6.50. The van der Waals surface area contributed by atoms with Crippen molar-refractivity contribution in [2.24, 2.45) is 7.05 Å². The van der Waals surface area contributed by atoms with E-state index in [0.29, 0.717) is 5.56 Å². The molecule has 2 rings (SSSR count). The molecule has 0 N–H and O–H groups in total. The molecule has 2 aromatic rings. The summed E-state index contributed by atoms with van der Waals surface area (Å²) in [5.74, 6) is -0.0544. The van der Waals surface area contributed by atoms with Crippen molar-refractivity contribution in [3.05, 3.63) is 53.6 Å². The molecule has 0 saturated carbocycles. The monoisotopic (exact) mass is 227 g/mol. The van der Waals surface area contributed by atoms with Gasteiger partial charge in [0.15, 0.2) is 5.78 Å². The van der Waals surface area contributed by atoms with E-state index in [4.69, 9.17) is 0 Å². The van der Waals surface area contributed by atoms with Crippen LogP contribution in [-0.2, 0) is 7.05 Å². The van der Waals surface area contributed by atoms with E-state index in [1.807, 2.05) is 32.2 Å². The third-order valence-electron chi connectivity index (χ3n) is 2.59. The van der Waals surface area contributed by atoms with Gasteiger partial charge in [0, 0.05) is 18.9 Å². The molecule has 0 aliphatic rings. The number of carbonyl (C=O) groups excluding carboxylic acids is 1. The quantitative estimate of drug-likeness (QED) is 0.595. The summed E-state index contributed by atoms with van der Waals surface area (Å²) in [5, 5.41) is 4.04. The van der Waals surface area contributed by atoms with Crippen LogP contribution in [0.3, 0.4) is 0 Å². The van der Waals surface area contributed by atoms with E-state index in [9.17, 15) is 4.79 Å². The lowest BCUT2D eigenvalue weighted by atomic mass is 10.1. The summed E-state index contributed by atoms with van der Waals surface area (Å²) in [5.41, 5.74) is 2.25. The standard InChI is InChI=1S/C13H13N3O/c1-10-12(9-15-16(10)2)13(17)7-6-11-5-3-4-8-14-11/h3-9H,1-2H3/b7-6+. The van der Waals surface area contributed by atoms with Crippen LogP contribution in [0, 0.1) is 6.92 Å². The van der Waals surface area contributed by atoms with Crippen LogP contribution in [0.1, 0.15) is 21.7 Å². The summed E-state index contributed by atoms with van der Waals surface area (Å²) >= 11 is 0. The highest BCUT2D eigenvalue weighted by atomic mass is 16.1. The molecule has 0 aliphatic heterocycles. The van der Waals surface area contributed by atoms with Crippen molar-refractivity contribution in [1.29, 1.82) is 0 Å². The normalized spacial score (nSPS) is 10.9. The summed E-state index contributed by atoms with van der Waals surface area (Å²) in [6, 6.07) is 5.57. The summed E-state index contributed by atoms with van der Waals surface area (Å²) in [4.78, 5) is 16.0. The maximum absolute atomic E-state index is 11.9. The molecule has 0 unspecified atom stereocenters. The number of aromatic nitrogens is 3. The van der Waals surface area contributed by atoms with Crippen LogP contribution in [0.4, 0.5) is 0 Å². The van der Waals surface area contributed by atoms with Gasteiger partial charge in [-0.3, -0.25) is 14.5 Å². The number of rotatable bonds is 3. The van der Waals surface area contributed by atoms with Crippen LogP contribution in [0.25, 0.3) is 6.08 Å². The Morgan fingerprint density at radius 2 is 2.24 bits per heavy atom. The summed E-state index contributed by atoms with van der Waals surface area (Å²) in [6.45, 7) is 1.87. The Labute approximate surface area is 99.6 Å². The molecule has 0 fully saturated rings. The van der Waals surface area contributed by atoms with Gasteiger partial charge >= 0.3 is 0 Å². The summed E-state index contributed by atoms with van der Waals surface area (Å²) in [7, 11) is 1.81. The van der Waals surface area contributed by atoms with Crippen molar-refractivity contribution in [3.8, 4) is 0 Å². The fourth-order valence-electron chi connectivity index (χ4n) is 1.47. The number of carbonyl (C=O) groups is 1. The maximum atomic E-state index is 11.9. The molecule has 0 aromatic carbocycles. The number of hydrogen-bond donors (Lipinski definition) is 0. The van der Waals surface area contributed by atoms with Crippen molar-refractivity contribution in [1.82, 2.24) is 14.8 Å². The lowest BCUT2D eigenvalue weighted by molar-refractivity contribution is 0.104. The maximum Gasteiger partial charge on any atom is 0.189 e. The minimum atomic E-state index is -0.0544. The largest absolute Gasteiger partial charge is 0.289 e. The molecule has 0 spiro atoms. The molecule has 2 aromatic heterocycles. The van der Waals surface area contributed by atoms with Gasteiger partial charge in [0.05, 0.1) is 17.5 Å². The highest BCUT2D eigenvalue weighted by Gasteiger charge is 2.09. The van der Waals surface area contributed by atoms with Crippen LogP contribution < -0.4 is 0 Å². The first-order chi connectivity index (χ1) is 8.18. The number of hydrogen-bond acceptors (Lipinski definition) is 3. The molecule has 86 valence electrons. The van der Waals surface area contributed by atoms with E-state index in [2.05, 4.69) is 10.1 Å². The van der Waals surface area contributed by atoms with E-state index in [0.717, 1.165) is 11.4 Å². The fourth-order valence-corrected chi connectivity index (χ4v) is 1.47. The van der Waals surface area contributed by atoms with Gasteiger partial charge in [-0.25, -0.2) is 0 Å². The van der Waals surface area contributed by atoms with Crippen LogP contribution in [0.15, 0.2) is 36.7 Å². The number of aryl methyl sites for hydroxylation is 1. The molecule has 0 saturated heterocycles. The van der Waals surface area contributed by atoms with Gasteiger partial charge in [-0.15, -0.1) is 0 Å². The van der Waals surface area contributed by atoms with Crippen LogP contribution in [0.5, 0.6) is 0 Å². The van der Waals surface area contributed by atoms with E-state index < -0.39 is 0 Å². The Balaban J connectivity index is 2.18. The number of nitrogens with zero attached hydrogens (tertiary/aromatic N) is 3. The van der Waals surface area contributed by atoms with Crippen molar-refractivity contribution in [3.63, 3.8) is 0 Å². The molecule has 4 heteroatoms. The molecule has 0 bridgehead atoms. The highest BCUT2D eigenvalue weighted by Crippen LogP contribution is 2.08. The molecule has 0 aliphatic carbocycles. The van der Waals surface area contributed by atoms with E-state index in [1.165, 1.54) is 6.08 Å². The zero-order valence-electron chi connectivity index (χ0n) is 9.79. The second-order valence-electron chi connectivity index (χ2n) is 3.72. The molecular formula is C13H13N3O.